The molecule has 1 N–H and O–H groups in total. The van der Waals surface area contributed by atoms with Gasteiger partial charge in [-0.05, 0) is 59.9 Å². The molecule has 2 amide bonds. The van der Waals surface area contributed by atoms with Crippen LogP contribution in [-0.2, 0) is 32.6 Å². The van der Waals surface area contributed by atoms with Crippen molar-refractivity contribution in [2.24, 2.45) is 5.92 Å². The molecule has 0 aliphatic carbocycles. The van der Waals surface area contributed by atoms with E-state index in [1.165, 1.54) is 17.0 Å². The second-order valence-electron chi connectivity index (χ2n) is 11.1. The van der Waals surface area contributed by atoms with E-state index in [1.807, 2.05) is 87.5 Å². The molecular formula is C35H38BrN3O4S. The zero-order chi connectivity index (χ0) is 31.7. The number of sulfonamides is 1. The van der Waals surface area contributed by atoms with Crippen molar-refractivity contribution < 1.29 is 18.0 Å². The van der Waals surface area contributed by atoms with E-state index in [9.17, 15) is 18.0 Å². The first-order valence-electron chi connectivity index (χ1n) is 14.5. The maximum absolute atomic E-state index is 14.5. The average molecular weight is 677 g/mol. The van der Waals surface area contributed by atoms with Crippen molar-refractivity contribution in [2.75, 3.05) is 17.4 Å². The van der Waals surface area contributed by atoms with Crippen LogP contribution in [0.5, 0.6) is 0 Å². The molecule has 0 radical (unpaired) electrons. The van der Waals surface area contributed by atoms with Crippen LogP contribution in [-0.4, -0.2) is 44.3 Å². The zero-order valence-electron chi connectivity index (χ0n) is 25.2. The van der Waals surface area contributed by atoms with Crippen LogP contribution in [0.2, 0.25) is 0 Å². The number of carbonyl (C=O) groups is 2. The number of hydrogen-bond acceptors (Lipinski definition) is 4. The summed E-state index contributed by atoms with van der Waals surface area (Å²) in [5, 5.41) is 3.01. The van der Waals surface area contributed by atoms with Gasteiger partial charge in [0.15, 0.2) is 0 Å². The van der Waals surface area contributed by atoms with Crippen molar-refractivity contribution in [2.45, 2.75) is 44.7 Å². The van der Waals surface area contributed by atoms with E-state index >= 15 is 0 Å². The van der Waals surface area contributed by atoms with Gasteiger partial charge < -0.3 is 10.2 Å². The lowest BCUT2D eigenvalue weighted by Gasteiger charge is -2.34. The first-order chi connectivity index (χ1) is 21.1. The number of anilines is 1. The molecule has 0 heterocycles. The SMILES string of the molecule is Cc1ccccc1N(CC(=O)N(Cc1ccc(Br)cc1)C(Cc1ccccc1)C(=O)NCC(C)C)S(=O)(=O)c1ccccc1. The van der Waals surface area contributed by atoms with Gasteiger partial charge in [-0.2, -0.15) is 0 Å². The third-order valence-corrected chi connectivity index (χ3v) is 9.52. The Labute approximate surface area is 269 Å². The maximum atomic E-state index is 14.5. The third kappa shape index (κ3) is 8.57. The summed E-state index contributed by atoms with van der Waals surface area (Å²) in [6, 6.07) is 31.3. The summed E-state index contributed by atoms with van der Waals surface area (Å²) in [5.74, 6) is -0.572. The molecule has 0 spiro atoms. The largest absolute Gasteiger partial charge is 0.354 e. The van der Waals surface area contributed by atoms with Gasteiger partial charge in [0.05, 0.1) is 10.6 Å². The highest BCUT2D eigenvalue weighted by Gasteiger charge is 2.35. The topological polar surface area (TPSA) is 86.8 Å². The van der Waals surface area contributed by atoms with E-state index in [2.05, 4.69) is 21.2 Å². The summed E-state index contributed by atoms with van der Waals surface area (Å²) in [6.07, 6.45) is 0.267. The van der Waals surface area contributed by atoms with Crippen molar-refractivity contribution in [3.63, 3.8) is 0 Å². The fourth-order valence-electron chi connectivity index (χ4n) is 4.84. The van der Waals surface area contributed by atoms with Crippen molar-refractivity contribution in [3.8, 4) is 0 Å². The molecule has 0 aromatic heterocycles. The molecule has 0 fully saturated rings. The monoisotopic (exact) mass is 675 g/mol. The summed E-state index contributed by atoms with van der Waals surface area (Å²) in [7, 11) is -4.13. The number of carbonyl (C=O) groups excluding carboxylic acids is 2. The van der Waals surface area contributed by atoms with Gasteiger partial charge in [-0.1, -0.05) is 109 Å². The van der Waals surface area contributed by atoms with E-state index in [4.69, 9.17) is 0 Å². The van der Waals surface area contributed by atoms with Gasteiger partial charge in [-0.25, -0.2) is 8.42 Å². The Balaban J connectivity index is 1.79. The highest BCUT2D eigenvalue weighted by atomic mass is 79.9. The molecule has 0 saturated heterocycles. The molecule has 0 saturated carbocycles. The second-order valence-corrected chi connectivity index (χ2v) is 13.9. The predicted octanol–water partition coefficient (Wildman–Crippen LogP) is 6.37. The van der Waals surface area contributed by atoms with E-state index in [0.717, 1.165) is 19.9 Å². The molecule has 4 aromatic carbocycles. The first kappa shape index (κ1) is 33.0. The Kier molecular flexibility index (Phi) is 11.4. The highest BCUT2D eigenvalue weighted by Crippen LogP contribution is 2.27. The van der Waals surface area contributed by atoms with Crippen LogP contribution in [0.15, 0.2) is 119 Å². The van der Waals surface area contributed by atoms with E-state index in [1.54, 1.807) is 30.3 Å². The highest BCUT2D eigenvalue weighted by molar-refractivity contribution is 9.10. The minimum atomic E-state index is -4.13. The zero-order valence-corrected chi connectivity index (χ0v) is 27.6. The van der Waals surface area contributed by atoms with Crippen LogP contribution < -0.4 is 9.62 Å². The molecule has 1 atom stereocenters. The normalized spacial score (nSPS) is 12.0. The number of para-hydroxylation sites is 1. The van der Waals surface area contributed by atoms with Gasteiger partial charge in [-0.15, -0.1) is 0 Å². The molecule has 4 rings (SSSR count). The van der Waals surface area contributed by atoms with Crippen LogP contribution in [0.25, 0.3) is 0 Å². The molecule has 0 aliphatic rings. The Morgan fingerprint density at radius 1 is 0.795 bits per heavy atom. The summed E-state index contributed by atoms with van der Waals surface area (Å²) in [6.45, 7) is 5.90. The van der Waals surface area contributed by atoms with Gasteiger partial charge >= 0.3 is 0 Å². The Morgan fingerprint density at radius 2 is 1.39 bits per heavy atom. The van der Waals surface area contributed by atoms with Crippen LogP contribution in [0.1, 0.15) is 30.5 Å². The number of nitrogens with zero attached hydrogens (tertiary/aromatic N) is 2. The van der Waals surface area contributed by atoms with Crippen LogP contribution in [0.3, 0.4) is 0 Å². The minimum absolute atomic E-state index is 0.0750. The maximum Gasteiger partial charge on any atom is 0.264 e. The molecule has 1 unspecified atom stereocenters. The number of rotatable bonds is 13. The number of aryl methyl sites for hydroxylation is 1. The smallest absolute Gasteiger partial charge is 0.264 e. The molecule has 44 heavy (non-hydrogen) atoms. The van der Waals surface area contributed by atoms with Crippen LogP contribution >= 0.6 is 15.9 Å². The minimum Gasteiger partial charge on any atom is -0.354 e. The van der Waals surface area contributed by atoms with Crippen molar-refractivity contribution >= 4 is 43.5 Å². The average Bonchev–Trinajstić information content (AvgIpc) is 3.02. The summed E-state index contributed by atoms with van der Waals surface area (Å²) < 4.78 is 30.2. The van der Waals surface area contributed by atoms with E-state index in [0.29, 0.717) is 17.8 Å². The van der Waals surface area contributed by atoms with Gasteiger partial charge in [0, 0.05) is 24.0 Å². The number of halogens is 1. The standard InChI is InChI=1S/C35H38BrN3O4S/c1-26(2)23-37-35(41)33(22-28-13-6-4-7-14-28)38(24-29-18-20-30(36)21-19-29)34(40)25-39(32-17-11-10-12-27(32)3)44(42,43)31-15-8-5-9-16-31/h4-21,26,33H,22-25H2,1-3H3,(H,37,41). The Morgan fingerprint density at radius 3 is 2.00 bits per heavy atom. The number of benzene rings is 4. The molecule has 7 nitrogen and oxygen atoms in total. The Hall–Kier alpha value is -3.95. The lowest BCUT2D eigenvalue weighted by atomic mass is 10.0. The molecule has 0 aliphatic heterocycles. The quantitative estimate of drug-likeness (QED) is 0.179. The molecule has 9 heteroatoms. The van der Waals surface area contributed by atoms with Crippen molar-refractivity contribution in [1.29, 1.82) is 0 Å². The first-order valence-corrected chi connectivity index (χ1v) is 16.8. The summed E-state index contributed by atoms with van der Waals surface area (Å²) in [5.41, 5.74) is 2.80. The summed E-state index contributed by atoms with van der Waals surface area (Å²) >= 11 is 3.46. The van der Waals surface area contributed by atoms with Crippen molar-refractivity contribution in [1.82, 2.24) is 10.2 Å². The Bertz CT molecular complexity index is 1650. The second kappa shape index (κ2) is 15.2. The number of hydrogen-bond donors (Lipinski definition) is 1. The van der Waals surface area contributed by atoms with Crippen LogP contribution in [0.4, 0.5) is 5.69 Å². The van der Waals surface area contributed by atoms with Crippen molar-refractivity contribution in [3.05, 3.63) is 130 Å². The van der Waals surface area contributed by atoms with Gasteiger partial charge in [0.1, 0.15) is 12.6 Å². The fourth-order valence-corrected chi connectivity index (χ4v) is 6.60. The van der Waals surface area contributed by atoms with E-state index < -0.39 is 28.5 Å². The number of amides is 2. The van der Waals surface area contributed by atoms with Gasteiger partial charge in [-0.3, -0.25) is 13.9 Å². The molecule has 0 bridgehead atoms. The third-order valence-electron chi connectivity index (χ3n) is 7.22. The summed E-state index contributed by atoms with van der Waals surface area (Å²) in [4.78, 5) is 29.9. The fraction of sp³-hybridized carbons (Fsp3) is 0.257. The number of nitrogens with one attached hydrogen (secondary N) is 1. The van der Waals surface area contributed by atoms with Gasteiger partial charge in [0.25, 0.3) is 10.0 Å². The molecule has 230 valence electrons. The lowest BCUT2D eigenvalue weighted by Crippen LogP contribution is -2.53. The van der Waals surface area contributed by atoms with Gasteiger partial charge in [0.2, 0.25) is 11.8 Å². The van der Waals surface area contributed by atoms with E-state index in [-0.39, 0.29) is 29.7 Å². The molecule has 4 aromatic rings. The predicted molar refractivity (Wildman–Crippen MR) is 179 cm³/mol. The molecular weight excluding hydrogens is 638 g/mol. The van der Waals surface area contributed by atoms with Crippen LogP contribution in [0, 0.1) is 12.8 Å². The lowest BCUT2D eigenvalue weighted by molar-refractivity contribution is -0.140.